The zero-order valence-electron chi connectivity index (χ0n) is 11.0. The van der Waals surface area contributed by atoms with E-state index < -0.39 is 11.8 Å². The summed E-state index contributed by atoms with van der Waals surface area (Å²) in [5.41, 5.74) is -0.160. The highest BCUT2D eigenvalue weighted by molar-refractivity contribution is 5.93. The summed E-state index contributed by atoms with van der Waals surface area (Å²) in [7, 11) is 0. The van der Waals surface area contributed by atoms with Crippen molar-refractivity contribution in [3.05, 3.63) is 23.6 Å². The first-order valence-corrected chi connectivity index (χ1v) is 6.35. The first-order valence-electron chi connectivity index (χ1n) is 6.35. The highest BCUT2D eigenvalue weighted by Crippen LogP contribution is 2.13. The van der Waals surface area contributed by atoms with Gasteiger partial charge >= 0.3 is 5.97 Å². The fourth-order valence-corrected chi connectivity index (χ4v) is 1.47. The van der Waals surface area contributed by atoms with E-state index in [1.807, 2.05) is 0 Å². The van der Waals surface area contributed by atoms with Crippen LogP contribution in [0.1, 0.15) is 36.5 Å². The Hall–Kier alpha value is -1.69. The number of aromatic carboxylic acids is 1. The fraction of sp³-hybridized carbons (Fsp3) is 0.538. The molecule has 1 aromatic heterocycles. The molecule has 1 aromatic rings. The second kappa shape index (κ2) is 8.42. The standard InChI is InChI=1S/C13H19FN2O3/c1-2-3-6-19-7-4-5-15-12-11(13(17)18)8-10(14)9-16-12/h8-9H,2-7H2,1H3,(H,15,16)(H,17,18). The minimum atomic E-state index is -1.20. The number of hydrogen-bond acceptors (Lipinski definition) is 4. The van der Waals surface area contributed by atoms with Crippen LogP contribution in [0.2, 0.25) is 0 Å². The van der Waals surface area contributed by atoms with Crippen molar-refractivity contribution in [2.45, 2.75) is 26.2 Å². The second-order valence-electron chi connectivity index (χ2n) is 4.10. The van der Waals surface area contributed by atoms with Crippen molar-refractivity contribution >= 4 is 11.8 Å². The van der Waals surface area contributed by atoms with Crippen LogP contribution in [0.3, 0.4) is 0 Å². The highest BCUT2D eigenvalue weighted by Gasteiger charge is 2.12. The lowest BCUT2D eigenvalue weighted by Gasteiger charge is -2.08. The van der Waals surface area contributed by atoms with E-state index in [9.17, 15) is 9.18 Å². The van der Waals surface area contributed by atoms with E-state index >= 15 is 0 Å². The number of halogens is 1. The van der Waals surface area contributed by atoms with Gasteiger partial charge in [0.05, 0.1) is 6.20 Å². The summed E-state index contributed by atoms with van der Waals surface area (Å²) in [5.74, 6) is -1.68. The van der Waals surface area contributed by atoms with Crippen LogP contribution in [0.25, 0.3) is 0 Å². The average molecular weight is 270 g/mol. The Labute approximate surface area is 111 Å². The van der Waals surface area contributed by atoms with Gasteiger partial charge in [-0.3, -0.25) is 0 Å². The number of unbranched alkanes of at least 4 members (excludes halogenated alkanes) is 1. The number of carboxylic acid groups (broad SMARTS) is 1. The molecule has 6 heteroatoms. The number of nitrogens with zero attached hydrogens (tertiary/aromatic N) is 1. The molecule has 5 nitrogen and oxygen atoms in total. The van der Waals surface area contributed by atoms with Gasteiger partial charge in [-0.15, -0.1) is 0 Å². The van der Waals surface area contributed by atoms with Crippen molar-refractivity contribution in [1.82, 2.24) is 4.98 Å². The third-order valence-corrected chi connectivity index (χ3v) is 2.48. The van der Waals surface area contributed by atoms with Crippen LogP contribution < -0.4 is 5.32 Å². The van der Waals surface area contributed by atoms with E-state index in [1.54, 1.807) is 0 Å². The number of aromatic nitrogens is 1. The SMILES string of the molecule is CCCCOCCCNc1ncc(F)cc1C(=O)O. The van der Waals surface area contributed by atoms with Gasteiger partial charge < -0.3 is 15.2 Å². The Morgan fingerprint density at radius 1 is 1.47 bits per heavy atom. The van der Waals surface area contributed by atoms with Crippen molar-refractivity contribution in [1.29, 1.82) is 0 Å². The zero-order chi connectivity index (χ0) is 14.1. The predicted molar refractivity (Wildman–Crippen MR) is 70.0 cm³/mol. The summed E-state index contributed by atoms with van der Waals surface area (Å²) in [4.78, 5) is 14.6. The molecule has 1 rings (SSSR count). The maximum absolute atomic E-state index is 12.9. The molecule has 0 aliphatic heterocycles. The van der Waals surface area contributed by atoms with Gasteiger partial charge in [0.2, 0.25) is 0 Å². The molecule has 0 radical (unpaired) electrons. The Kier molecular flexibility index (Phi) is 6.81. The molecule has 0 aliphatic carbocycles. The predicted octanol–water partition coefficient (Wildman–Crippen LogP) is 2.54. The Morgan fingerprint density at radius 2 is 2.21 bits per heavy atom. The van der Waals surface area contributed by atoms with Gasteiger partial charge in [0.25, 0.3) is 0 Å². The van der Waals surface area contributed by atoms with Gasteiger partial charge in [-0.05, 0) is 18.9 Å². The Balaban J connectivity index is 2.35. The number of carboxylic acids is 1. The zero-order valence-corrected chi connectivity index (χ0v) is 11.0. The summed E-state index contributed by atoms with van der Waals surface area (Å²) in [6, 6.07) is 0.954. The maximum Gasteiger partial charge on any atom is 0.339 e. The van der Waals surface area contributed by atoms with E-state index in [0.717, 1.165) is 38.1 Å². The first-order chi connectivity index (χ1) is 9.15. The summed E-state index contributed by atoms with van der Waals surface area (Å²) < 4.78 is 18.3. The summed E-state index contributed by atoms with van der Waals surface area (Å²) in [5, 5.41) is 11.8. The van der Waals surface area contributed by atoms with Gasteiger partial charge in [-0.2, -0.15) is 0 Å². The molecule has 0 aromatic carbocycles. The van der Waals surface area contributed by atoms with E-state index in [0.29, 0.717) is 13.2 Å². The molecular formula is C13H19FN2O3. The number of carbonyl (C=O) groups is 1. The third kappa shape index (κ3) is 5.65. The number of nitrogens with one attached hydrogen (secondary N) is 1. The summed E-state index contributed by atoms with van der Waals surface area (Å²) in [6.07, 6.45) is 3.87. The normalized spacial score (nSPS) is 10.4. The first kappa shape index (κ1) is 15.4. The van der Waals surface area contributed by atoms with Crippen LogP contribution >= 0.6 is 0 Å². The van der Waals surface area contributed by atoms with Crippen molar-refractivity contribution in [3.63, 3.8) is 0 Å². The molecule has 0 fully saturated rings. The quantitative estimate of drug-likeness (QED) is 0.675. The van der Waals surface area contributed by atoms with Gasteiger partial charge in [0.15, 0.2) is 0 Å². The molecule has 19 heavy (non-hydrogen) atoms. The minimum Gasteiger partial charge on any atom is -0.478 e. The van der Waals surface area contributed by atoms with Crippen molar-refractivity contribution in [2.24, 2.45) is 0 Å². The van der Waals surface area contributed by atoms with Crippen LogP contribution in [-0.2, 0) is 4.74 Å². The molecule has 0 aliphatic rings. The number of pyridine rings is 1. The van der Waals surface area contributed by atoms with E-state index in [4.69, 9.17) is 9.84 Å². The van der Waals surface area contributed by atoms with Gasteiger partial charge in [-0.25, -0.2) is 14.2 Å². The number of hydrogen-bond donors (Lipinski definition) is 2. The molecule has 0 atom stereocenters. The molecule has 1 heterocycles. The maximum atomic E-state index is 12.9. The number of rotatable bonds is 9. The van der Waals surface area contributed by atoms with Gasteiger partial charge in [0, 0.05) is 19.8 Å². The lowest BCUT2D eigenvalue weighted by atomic mass is 10.2. The van der Waals surface area contributed by atoms with E-state index in [-0.39, 0.29) is 11.4 Å². The van der Waals surface area contributed by atoms with Crippen LogP contribution in [0.4, 0.5) is 10.2 Å². The van der Waals surface area contributed by atoms with Gasteiger partial charge in [0.1, 0.15) is 17.2 Å². The molecule has 2 N–H and O–H groups in total. The molecule has 0 spiro atoms. The molecule has 0 bridgehead atoms. The monoisotopic (exact) mass is 270 g/mol. The number of anilines is 1. The number of ether oxygens (including phenoxy) is 1. The van der Waals surface area contributed by atoms with E-state index in [1.165, 1.54) is 0 Å². The molecule has 0 saturated heterocycles. The third-order valence-electron chi connectivity index (χ3n) is 2.48. The minimum absolute atomic E-state index is 0.160. The van der Waals surface area contributed by atoms with Crippen molar-refractivity contribution < 1.29 is 19.0 Å². The van der Waals surface area contributed by atoms with Crippen LogP contribution in [0.15, 0.2) is 12.3 Å². The smallest absolute Gasteiger partial charge is 0.339 e. The molecule has 0 amide bonds. The summed E-state index contributed by atoms with van der Waals surface area (Å²) in [6.45, 7) is 3.98. The summed E-state index contributed by atoms with van der Waals surface area (Å²) >= 11 is 0. The van der Waals surface area contributed by atoms with Crippen LogP contribution in [0.5, 0.6) is 0 Å². The lowest BCUT2D eigenvalue weighted by Crippen LogP contribution is -2.11. The van der Waals surface area contributed by atoms with Crippen molar-refractivity contribution in [2.75, 3.05) is 25.1 Å². The van der Waals surface area contributed by atoms with Crippen molar-refractivity contribution in [3.8, 4) is 0 Å². The molecule has 106 valence electrons. The lowest BCUT2D eigenvalue weighted by molar-refractivity contribution is 0.0697. The largest absolute Gasteiger partial charge is 0.478 e. The Bertz CT molecular complexity index is 413. The Morgan fingerprint density at radius 3 is 2.89 bits per heavy atom. The van der Waals surface area contributed by atoms with Gasteiger partial charge in [-0.1, -0.05) is 13.3 Å². The average Bonchev–Trinajstić information content (AvgIpc) is 2.39. The molecular weight excluding hydrogens is 251 g/mol. The van der Waals surface area contributed by atoms with Crippen LogP contribution in [-0.4, -0.2) is 35.8 Å². The fourth-order valence-electron chi connectivity index (χ4n) is 1.47. The molecule has 0 unspecified atom stereocenters. The highest BCUT2D eigenvalue weighted by atomic mass is 19.1. The topological polar surface area (TPSA) is 71.5 Å². The second-order valence-corrected chi connectivity index (χ2v) is 4.10. The molecule has 0 saturated carbocycles. The van der Waals surface area contributed by atoms with Crippen LogP contribution in [0, 0.1) is 5.82 Å². The van der Waals surface area contributed by atoms with E-state index in [2.05, 4.69) is 17.2 Å².